The lowest BCUT2D eigenvalue weighted by atomic mass is 9.81. The highest BCUT2D eigenvalue weighted by Crippen LogP contribution is 2.31. The Balaban J connectivity index is 2.49. The molecule has 1 N–H and O–H groups in total. The first-order valence-electron chi connectivity index (χ1n) is 5.72. The summed E-state index contributed by atoms with van der Waals surface area (Å²) in [4.78, 5) is 0. The predicted molar refractivity (Wildman–Crippen MR) is 58.8 cm³/mol. The first kappa shape index (κ1) is 11.0. The fourth-order valence-corrected chi connectivity index (χ4v) is 1.99. The van der Waals surface area contributed by atoms with Crippen LogP contribution in [0.5, 0.6) is 0 Å². The van der Waals surface area contributed by atoms with E-state index in [1.54, 1.807) is 0 Å². The molecule has 1 saturated heterocycles. The van der Waals surface area contributed by atoms with Gasteiger partial charge in [0.05, 0.1) is 0 Å². The van der Waals surface area contributed by atoms with Crippen LogP contribution in [0.25, 0.3) is 0 Å². The molecule has 0 amide bonds. The third-order valence-electron chi connectivity index (χ3n) is 3.69. The van der Waals surface area contributed by atoms with E-state index in [9.17, 15) is 0 Å². The summed E-state index contributed by atoms with van der Waals surface area (Å²) < 4.78 is 0. The molecule has 1 heteroatoms. The average Bonchev–Trinajstić information content (AvgIpc) is 2.11. The summed E-state index contributed by atoms with van der Waals surface area (Å²) in [6.45, 7) is 12.0. The van der Waals surface area contributed by atoms with Gasteiger partial charge < -0.3 is 5.32 Å². The highest BCUT2D eigenvalue weighted by Gasteiger charge is 2.22. The predicted octanol–water partition coefficient (Wildman–Crippen LogP) is 3.06. The van der Waals surface area contributed by atoms with Crippen molar-refractivity contribution in [2.45, 2.75) is 47.0 Å². The highest BCUT2D eigenvalue weighted by molar-refractivity contribution is 4.76. The van der Waals surface area contributed by atoms with Crippen LogP contribution in [0, 0.1) is 17.3 Å². The molecule has 0 radical (unpaired) electrons. The Morgan fingerprint density at radius 2 is 1.77 bits per heavy atom. The lowest BCUT2D eigenvalue weighted by Gasteiger charge is -2.25. The lowest BCUT2D eigenvalue weighted by molar-refractivity contribution is 0.271. The van der Waals surface area contributed by atoms with Crippen molar-refractivity contribution in [1.82, 2.24) is 5.32 Å². The van der Waals surface area contributed by atoms with Crippen molar-refractivity contribution in [2.75, 3.05) is 13.1 Å². The Bertz CT molecular complexity index is 151. The fraction of sp³-hybridized carbons (Fsp3) is 1.00. The van der Waals surface area contributed by atoms with E-state index in [1.165, 1.54) is 32.4 Å². The summed E-state index contributed by atoms with van der Waals surface area (Å²) in [5.41, 5.74) is 0.547. The second-order valence-electron chi connectivity index (χ2n) is 5.61. The van der Waals surface area contributed by atoms with Gasteiger partial charge in [-0.2, -0.15) is 0 Å². The highest BCUT2D eigenvalue weighted by atomic mass is 14.9. The zero-order valence-electron chi connectivity index (χ0n) is 9.69. The quantitative estimate of drug-likeness (QED) is 0.608. The van der Waals surface area contributed by atoms with Gasteiger partial charge in [-0.3, -0.25) is 0 Å². The summed E-state index contributed by atoms with van der Waals surface area (Å²) in [6, 6.07) is 0. The van der Waals surface area contributed by atoms with Crippen molar-refractivity contribution in [3.63, 3.8) is 0 Å². The maximum atomic E-state index is 3.56. The lowest BCUT2D eigenvalue weighted by Crippen LogP contribution is -2.25. The first-order valence-corrected chi connectivity index (χ1v) is 5.72. The second-order valence-corrected chi connectivity index (χ2v) is 5.61. The molecule has 0 aromatic heterocycles. The molecule has 2 unspecified atom stereocenters. The van der Waals surface area contributed by atoms with Gasteiger partial charge in [0.2, 0.25) is 0 Å². The van der Waals surface area contributed by atoms with Crippen molar-refractivity contribution in [1.29, 1.82) is 0 Å². The van der Waals surface area contributed by atoms with Crippen LogP contribution < -0.4 is 5.32 Å². The van der Waals surface area contributed by atoms with Gasteiger partial charge in [-0.25, -0.2) is 0 Å². The van der Waals surface area contributed by atoms with E-state index in [2.05, 4.69) is 33.0 Å². The van der Waals surface area contributed by atoms with Crippen LogP contribution in [0.4, 0.5) is 0 Å². The molecule has 1 fully saturated rings. The van der Waals surface area contributed by atoms with Crippen molar-refractivity contribution >= 4 is 0 Å². The minimum Gasteiger partial charge on any atom is -0.316 e. The molecule has 1 heterocycles. The third-order valence-corrected chi connectivity index (χ3v) is 3.69. The van der Waals surface area contributed by atoms with Gasteiger partial charge in [0.1, 0.15) is 0 Å². The maximum absolute atomic E-state index is 3.56. The van der Waals surface area contributed by atoms with Crippen LogP contribution in [0.15, 0.2) is 0 Å². The summed E-state index contributed by atoms with van der Waals surface area (Å²) in [7, 11) is 0. The topological polar surface area (TPSA) is 12.0 Å². The van der Waals surface area contributed by atoms with Crippen LogP contribution in [-0.2, 0) is 0 Å². The zero-order valence-corrected chi connectivity index (χ0v) is 9.69. The smallest absolute Gasteiger partial charge is 0.00206 e. The molecule has 0 aromatic rings. The van der Waals surface area contributed by atoms with Gasteiger partial charge in [0, 0.05) is 0 Å². The minimum absolute atomic E-state index is 0.547. The Morgan fingerprint density at radius 1 is 1.08 bits per heavy atom. The summed E-state index contributed by atoms with van der Waals surface area (Å²) in [6.07, 6.45) is 4.11. The van der Waals surface area contributed by atoms with Gasteiger partial charge in [0.15, 0.2) is 0 Å². The Labute approximate surface area is 83.3 Å². The Hall–Kier alpha value is -0.0400. The van der Waals surface area contributed by atoms with Gasteiger partial charge in [0.25, 0.3) is 0 Å². The van der Waals surface area contributed by atoms with E-state index < -0.39 is 0 Å². The average molecular weight is 183 g/mol. The molecule has 1 aliphatic rings. The van der Waals surface area contributed by atoms with Gasteiger partial charge in [-0.15, -0.1) is 0 Å². The van der Waals surface area contributed by atoms with Crippen molar-refractivity contribution < 1.29 is 0 Å². The van der Waals surface area contributed by atoms with Gasteiger partial charge in [-0.05, 0) is 49.6 Å². The van der Waals surface area contributed by atoms with E-state index in [1.807, 2.05) is 0 Å². The number of rotatable bonds is 0. The monoisotopic (exact) mass is 183 g/mol. The molecule has 0 saturated carbocycles. The van der Waals surface area contributed by atoms with E-state index in [0.29, 0.717) is 5.41 Å². The van der Waals surface area contributed by atoms with Crippen LogP contribution >= 0.6 is 0 Å². The fourth-order valence-electron chi connectivity index (χ4n) is 1.99. The van der Waals surface area contributed by atoms with E-state index >= 15 is 0 Å². The standard InChI is InChI=1S/C12H25N/c1-10-5-6-12(3,4)7-8-13-9-11(10)2/h10-11,13H,5-9H2,1-4H3. The summed E-state index contributed by atoms with van der Waals surface area (Å²) in [5.74, 6) is 1.72. The normalized spacial score (nSPS) is 36.0. The summed E-state index contributed by atoms with van der Waals surface area (Å²) in [5, 5.41) is 3.56. The molecular weight excluding hydrogens is 158 g/mol. The van der Waals surface area contributed by atoms with Crippen molar-refractivity contribution in [3.8, 4) is 0 Å². The van der Waals surface area contributed by atoms with E-state index in [4.69, 9.17) is 0 Å². The van der Waals surface area contributed by atoms with Crippen LogP contribution in [0.2, 0.25) is 0 Å². The second kappa shape index (κ2) is 4.45. The number of nitrogens with one attached hydrogen (secondary N) is 1. The van der Waals surface area contributed by atoms with Crippen molar-refractivity contribution in [2.24, 2.45) is 17.3 Å². The molecule has 0 bridgehead atoms. The molecule has 1 rings (SSSR count). The number of hydrogen-bond donors (Lipinski definition) is 1. The minimum atomic E-state index is 0.547. The molecule has 78 valence electrons. The van der Waals surface area contributed by atoms with E-state index in [-0.39, 0.29) is 0 Å². The van der Waals surface area contributed by atoms with Gasteiger partial charge in [-0.1, -0.05) is 27.7 Å². The molecule has 13 heavy (non-hydrogen) atoms. The van der Waals surface area contributed by atoms with Crippen LogP contribution in [0.1, 0.15) is 47.0 Å². The molecule has 2 atom stereocenters. The zero-order chi connectivity index (χ0) is 9.90. The Morgan fingerprint density at radius 3 is 2.46 bits per heavy atom. The van der Waals surface area contributed by atoms with Crippen molar-refractivity contribution in [3.05, 3.63) is 0 Å². The molecule has 1 nitrogen and oxygen atoms in total. The van der Waals surface area contributed by atoms with Crippen LogP contribution in [0.3, 0.4) is 0 Å². The van der Waals surface area contributed by atoms with Gasteiger partial charge >= 0.3 is 0 Å². The van der Waals surface area contributed by atoms with E-state index in [0.717, 1.165) is 11.8 Å². The molecule has 0 aromatic carbocycles. The summed E-state index contributed by atoms with van der Waals surface area (Å²) >= 11 is 0. The Kier molecular flexibility index (Phi) is 3.78. The first-order chi connectivity index (χ1) is 6.01. The van der Waals surface area contributed by atoms with Crippen LogP contribution in [-0.4, -0.2) is 13.1 Å². The molecule has 0 aliphatic carbocycles. The largest absolute Gasteiger partial charge is 0.316 e. The molecule has 1 aliphatic heterocycles. The SMILES string of the molecule is CC1CCC(C)(C)CCNCC1C. The molecular formula is C12H25N. The third kappa shape index (κ3) is 3.68. The maximum Gasteiger partial charge on any atom is -0.00206 e. The molecule has 0 spiro atoms. The number of hydrogen-bond acceptors (Lipinski definition) is 1.